The third-order valence-electron chi connectivity index (χ3n) is 1.22. The van der Waals surface area contributed by atoms with Crippen molar-refractivity contribution in [2.24, 2.45) is 0 Å². The normalized spacial score (nSPS) is 9.92. The van der Waals surface area contributed by atoms with E-state index in [0.29, 0.717) is 17.5 Å². The number of nitrogens with one attached hydrogen (secondary N) is 1. The Morgan fingerprint density at radius 1 is 1.58 bits per heavy atom. The zero-order valence-corrected chi connectivity index (χ0v) is 8.56. The lowest BCUT2D eigenvalue weighted by atomic mass is 10.4. The van der Waals surface area contributed by atoms with Crippen molar-refractivity contribution < 1.29 is 5.11 Å². The maximum absolute atomic E-state index is 8.55. The summed E-state index contributed by atoms with van der Waals surface area (Å²) in [6, 6.07) is 3.49. The summed E-state index contributed by atoms with van der Waals surface area (Å²) in [5.41, 5.74) is 0. The SMILES string of the molecule is OCCNc1nc(Cl)ccc1Br. The van der Waals surface area contributed by atoms with Crippen LogP contribution < -0.4 is 5.32 Å². The van der Waals surface area contributed by atoms with Crippen molar-refractivity contribution in [3.63, 3.8) is 0 Å². The van der Waals surface area contributed by atoms with E-state index >= 15 is 0 Å². The molecule has 0 spiro atoms. The molecule has 1 rings (SSSR count). The molecule has 0 fully saturated rings. The van der Waals surface area contributed by atoms with Crippen LogP contribution in [0.2, 0.25) is 5.15 Å². The number of pyridine rings is 1. The van der Waals surface area contributed by atoms with Crippen LogP contribution >= 0.6 is 27.5 Å². The maximum Gasteiger partial charge on any atom is 0.142 e. The van der Waals surface area contributed by atoms with Crippen molar-refractivity contribution in [2.75, 3.05) is 18.5 Å². The molecule has 0 atom stereocenters. The summed E-state index contributed by atoms with van der Waals surface area (Å²) in [6.07, 6.45) is 0. The second kappa shape index (κ2) is 4.64. The van der Waals surface area contributed by atoms with E-state index in [1.807, 2.05) is 0 Å². The van der Waals surface area contributed by atoms with E-state index in [-0.39, 0.29) is 6.61 Å². The van der Waals surface area contributed by atoms with Crippen LogP contribution in [0.5, 0.6) is 0 Å². The number of halogens is 2. The summed E-state index contributed by atoms with van der Waals surface area (Å²) in [7, 11) is 0. The van der Waals surface area contributed by atoms with Crippen LogP contribution in [0.25, 0.3) is 0 Å². The number of aliphatic hydroxyl groups excluding tert-OH is 1. The molecular weight excluding hydrogens is 243 g/mol. The third kappa shape index (κ3) is 2.62. The lowest BCUT2D eigenvalue weighted by Gasteiger charge is -2.05. The summed E-state index contributed by atoms with van der Waals surface area (Å²) in [4.78, 5) is 4.01. The van der Waals surface area contributed by atoms with E-state index in [1.54, 1.807) is 12.1 Å². The third-order valence-corrected chi connectivity index (χ3v) is 2.07. The van der Waals surface area contributed by atoms with Crippen molar-refractivity contribution in [3.8, 4) is 0 Å². The highest BCUT2D eigenvalue weighted by atomic mass is 79.9. The van der Waals surface area contributed by atoms with Gasteiger partial charge < -0.3 is 10.4 Å². The molecule has 2 N–H and O–H groups in total. The minimum absolute atomic E-state index is 0.0701. The molecular formula is C7H8BrClN2O. The van der Waals surface area contributed by atoms with Gasteiger partial charge in [-0.3, -0.25) is 0 Å². The molecule has 0 aliphatic rings. The molecule has 3 nitrogen and oxygen atoms in total. The minimum atomic E-state index is 0.0701. The highest BCUT2D eigenvalue weighted by Gasteiger charge is 2.00. The second-order valence-electron chi connectivity index (χ2n) is 2.11. The Morgan fingerprint density at radius 3 is 3.00 bits per heavy atom. The maximum atomic E-state index is 8.55. The number of aliphatic hydroxyl groups is 1. The number of hydrogen-bond acceptors (Lipinski definition) is 3. The van der Waals surface area contributed by atoms with Crippen LogP contribution in [-0.4, -0.2) is 23.2 Å². The fourth-order valence-electron chi connectivity index (χ4n) is 0.717. The summed E-state index contributed by atoms with van der Waals surface area (Å²) >= 11 is 8.96. The fourth-order valence-corrected chi connectivity index (χ4v) is 1.23. The topological polar surface area (TPSA) is 45.1 Å². The first kappa shape index (κ1) is 9.77. The Balaban J connectivity index is 2.75. The summed E-state index contributed by atoms with van der Waals surface area (Å²) in [5, 5.41) is 11.9. The average molecular weight is 252 g/mol. The molecule has 66 valence electrons. The smallest absolute Gasteiger partial charge is 0.142 e. The molecule has 0 radical (unpaired) electrons. The van der Waals surface area contributed by atoms with E-state index in [2.05, 4.69) is 26.2 Å². The molecule has 0 amide bonds. The van der Waals surface area contributed by atoms with Gasteiger partial charge in [-0.15, -0.1) is 0 Å². The second-order valence-corrected chi connectivity index (χ2v) is 3.36. The highest BCUT2D eigenvalue weighted by molar-refractivity contribution is 9.10. The van der Waals surface area contributed by atoms with Crippen molar-refractivity contribution in [1.29, 1.82) is 0 Å². The van der Waals surface area contributed by atoms with E-state index in [0.717, 1.165) is 4.47 Å². The van der Waals surface area contributed by atoms with Crippen LogP contribution in [0, 0.1) is 0 Å². The Kier molecular flexibility index (Phi) is 3.78. The van der Waals surface area contributed by atoms with Crippen LogP contribution in [0.4, 0.5) is 5.82 Å². The number of hydrogen-bond donors (Lipinski definition) is 2. The van der Waals surface area contributed by atoms with Gasteiger partial charge in [0.05, 0.1) is 11.1 Å². The molecule has 5 heteroatoms. The molecule has 0 aliphatic heterocycles. The summed E-state index contributed by atoms with van der Waals surface area (Å²) < 4.78 is 0.834. The van der Waals surface area contributed by atoms with Crippen molar-refractivity contribution >= 4 is 33.3 Å². The highest BCUT2D eigenvalue weighted by Crippen LogP contribution is 2.21. The molecule has 1 aromatic rings. The van der Waals surface area contributed by atoms with Gasteiger partial charge in [0.1, 0.15) is 11.0 Å². The van der Waals surface area contributed by atoms with Crippen LogP contribution in [0.1, 0.15) is 0 Å². The van der Waals surface area contributed by atoms with E-state index in [1.165, 1.54) is 0 Å². The molecule has 0 saturated carbocycles. The zero-order chi connectivity index (χ0) is 8.97. The van der Waals surface area contributed by atoms with Gasteiger partial charge in [0.25, 0.3) is 0 Å². The summed E-state index contributed by atoms with van der Waals surface area (Å²) in [6.45, 7) is 0.534. The molecule has 0 aliphatic carbocycles. The molecule has 1 heterocycles. The van der Waals surface area contributed by atoms with Gasteiger partial charge in [0.2, 0.25) is 0 Å². The molecule has 12 heavy (non-hydrogen) atoms. The van der Waals surface area contributed by atoms with Crippen LogP contribution in [-0.2, 0) is 0 Å². The fraction of sp³-hybridized carbons (Fsp3) is 0.286. The number of aromatic nitrogens is 1. The largest absolute Gasteiger partial charge is 0.395 e. The average Bonchev–Trinajstić information content (AvgIpc) is 2.07. The van der Waals surface area contributed by atoms with Gasteiger partial charge in [-0.25, -0.2) is 4.98 Å². The van der Waals surface area contributed by atoms with Gasteiger partial charge >= 0.3 is 0 Å². The summed E-state index contributed by atoms with van der Waals surface area (Å²) in [5.74, 6) is 0.650. The van der Waals surface area contributed by atoms with Crippen molar-refractivity contribution in [1.82, 2.24) is 4.98 Å². The van der Waals surface area contributed by atoms with E-state index in [9.17, 15) is 0 Å². The van der Waals surface area contributed by atoms with Gasteiger partial charge in [-0.05, 0) is 28.1 Å². The minimum Gasteiger partial charge on any atom is -0.395 e. The Labute approximate surface area is 83.9 Å². The molecule has 0 saturated heterocycles. The molecule has 0 bridgehead atoms. The Bertz CT molecular complexity index is 270. The van der Waals surface area contributed by atoms with Crippen LogP contribution in [0.3, 0.4) is 0 Å². The van der Waals surface area contributed by atoms with E-state index in [4.69, 9.17) is 16.7 Å². The predicted octanol–water partition coefficient (Wildman–Crippen LogP) is 1.90. The molecule has 1 aromatic heterocycles. The van der Waals surface area contributed by atoms with Gasteiger partial charge in [-0.1, -0.05) is 11.6 Å². The predicted molar refractivity (Wildman–Crippen MR) is 52.5 cm³/mol. The number of nitrogens with zero attached hydrogens (tertiary/aromatic N) is 1. The number of anilines is 1. The quantitative estimate of drug-likeness (QED) is 0.807. The van der Waals surface area contributed by atoms with Crippen molar-refractivity contribution in [3.05, 3.63) is 21.8 Å². The van der Waals surface area contributed by atoms with Gasteiger partial charge in [0.15, 0.2) is 0 Å². The Hall–Kier alpha value is -0.320. The lowest BCUT2D eigenvalue weighted by Crippen LogP contribution is -2.07. The monoisotopic (exact) mass is 250 g/mol. The van der Waals surface area contributed by atoms with Crippen LogP contribution in [0.15, 0.2) is 16.6 Å². The number of rotatable bonds is 3. The van der Waals surface area contributed by atoms with Gasteiger partial charge in [0, 0.05) is 6.54 Å². The lowest BCUT2D eigenvalue weighted by molar-refractivity contribution is 0.311. The molecule has 0 aromatic carbocycles. The Morgan fingerprint density at radius 2 is 2.33 bits per heavy atom. The first-order valence-corrected chi connectivity index (χ1v) is 4.58. The van der Waals surface area contributed by atoms with Gasteiger partial charge in [-0.2, -0.15) is 0 Å². The zero-order valence-electron chi connectivity index (χ0n) is 6.22. The van der Waals surface area contributed by atoms with E-state index < -0.39 is 0 Å². The van der Waals surface area contributed by atoms with Crippen molar-refractivity contribution in [2.45, 2.75) is 0 Å². The standard InChI is InChI=1S/C7H8BrClN2O/c8-5-1-2-6(9)11-7(5)10-3-4-12/h1-2,12H,3-4H2,(H,10,11). The first-order valence-electron chi connectivity index (χ1n) is 3.41. The first-order chi connectivity index (χ1) is 5.74. The molecule has 0 unspecified atom stereocenters.